The number of amides is 3. The summed E-state index contributed by atoms with van der Waals surface area (Å²) >= 11 is 0. The summed E-state index contributed by atoms with van der Waals surface area (Å²) in [4.78, 5) is 40.6. The first kappa shape index (κ1) is 20.5. The van der Waals surface area contributed by atoms with Crippen LogP contribution in [0.2, 0.25) is 0 Å². The van der Waals surface area contributed by atoms with Crippen molar-refractivity contribution in [1.82, 2.24) is 4.90 Å². The molecule has 3 amide bonds. The topological polar surface area (TPSA) is 94.4 Å². The van der Waals surface area contributed by atoms with Crippen LogP contribution in [0.25, 0.3) is 0 Å². The van der Waals surface area contributed by atoms with Gasteiger partial charge in [0.1, 0.15) is 0 Å². The number of para-hydroxylation sites is 2. The SMILES string of the molecule is C#CCCC1(CCC(=O)N(C)CC(=O)N2c3ccccc3NC(=O)CC2C)N=N1. The summed E-state index contributed by atoms with van der Waals surface area (Å²) in [6, 6.07) is 6.86. The minimum Gasteiger partial charge on any atom is -0.336 e. The van der Waals surface area contributed by atoms with E-state index < -0.39 is 5.66 Å². The molecule has 1 N–H and O–H groups in total. The summed E-state index contributed by atoms with van der Waals surface area (Å²) in [5.74, 6) is 2.03. The fraction of sp³-hybridized carbons (Fsp3) is 0.476. The van der Waals surface area contributed by atoms with Gasteiger partial charge in [-0.25, -0.2) is 0 Å². The van der Waals surface area contributed by atoms with Crippen LogP contribution in [0.3, 0.4) is 0 Å². The number of hydrogen-bond donors (Lipinski definition) is 1. The van der Waals surface area contributed by atoms with Crippen LogP contribution in [0.15, 0.2) is 34.5 Å². The number of hydrogen-bond acceptors (Lipinski definition) is 5. The highest BCUT2D eigenvalue weighted by Crippen LogP contribution is 2.37. The third-order valence-electron chi connectivity index (χ3n) is 5.22. The number of nitrogens with zero attached hydrogens (tertiary/aromatic N) is 4. The quantitative estimate of drug-likeness (QED) is 0.719. The van der Waals surface area contributed by atoms with Crippen LogP contribution in [-0.4, -0.2) is 47.9 Å². The average molecular weight is 395 g/mol. The molecule has 0 aliphatic carbocycles. The first-order valence-electron chi connectivity index (χ1n) is 9.67. The lowest BCUT2D eigenvalue weighted by molar-refractivity contribution is -0.134. The zero-order chi connectivity index (χ0) is 21.0. The normalized spacial score (nSPS) is 18.9. The van der Waals surface area contributed by atoms with Crippen LogP contribution >= 0.6 is 0 Å². The van der Waals surface area contributed by atoms with E-state index in [1.807, 2.05) is 13.0 Å². The third-order valence-corrected chi connectivity index (χ3v) is 5.22. The minimum absolute atomic E-state index is 0.0721. The van der Waals surface area contributed by atoms with Crippen molar-refractivity contribution in [3.8, 4) is 12.3 Å². The van der Waals surface area contributed by atoms with Crippen molar-refractivity contribution in [2.45, 2.75) is 50.7 Å². The Morgan fingerprint density at radius 1 is 1.34 bits per heavy atom. The standard InChI is InChI=1S/C21H25N5O3/c1-4-5-11-21(23-24-21)12-10-19(28)25(3)14-20(29)26-15(2)13-18(27)22-16-8-6-7-9-17(16)26/h1,6-9,15H,5,10-14H2,2-3H3,(H,22,27). The molecule has 2 aliphatic rings. The molecule has 8 nitrogen and oxygen atoms in total. The van der Waals surface area contributed by atoms with Gasteiger partial charge in [-0.15, -0.1) is 12.3 Å². The van der Waals surface area contributed by atoms with Gasteiger partial charge in [0.25, 0.3) is 0 Å². The number of nitrogens with one attached hydrogen (secondary N) is 1. The molecule has 2 aliphatic heterocycles. The van der Waals surface area contributed by atoms with Crippen molar-refractivity contribution in [1.29, 1.82) is 0 Å². The monoisotopic (exact) mass is 395 g/mol. The molecule has 2 heterocycles. The number of rotatable bonds is 7. The zero-order valence-corrected chi connectivity index (χ0v) is 16.7. The van der Waals surface area contributed by atoms with Gasteiger partial charge in [0.05, 0.1) is 17.9 Å². The predicted molar refractivity (Wildman–Crippen MR) is 109 cm³/mol. The zero-order valence-electron chi connectivity index (χ0n) is 16.7. The van der Waals surface area contributed by atoms with Gasteiger partial charge in [-0.05, 0) is 19.1 Å². The van der Waals surface area contributed by atoms with Crippen LogP contribution in [0, 0.1) is 12.3 Å². The van der Waals surface area contributed by atoms with E-state index in [0.717, 1.165) is 0 Å². The summed E-state index contributed by atoms with van der Waals surface area (Å²) < 4.78 is 0. The number of carbonyl (C=O) groups is 3. The van der Waals surface area contributed by atoms with Crippen molar-refractivity contribution >= 4 is 29.1 Å². The molecule has 0 radical (unpaired) electrons. The van der Waals surface area contributed by atoms with Gasteiger partial charge in [0.15, 0.2) is 5.66 Å². The molecule has 0 saturated carbocycles. The molecule has 0 spiro atoms. The predicted octanol–water partition coefficient (Wildman–Crippen LogP) is 2.56. The number of benzene rings is 1. The van der Waals surface area contributed by atoms with E-state index >= 15 is 0 Å². The van der Waals surface area contributed by atoms with E-state index in [1.165, 1.54) is 4.90 Å². The maximum Gasteiger partial charge on any atom is 0.246 e. The molecule has 1 unspecified atom stereocenters. The van der Waals surface area contributed by atoms with E-state index in [9.17, 15) is 14.4 Å². The maximum absolute atomic E-state index is 13.0. The first-order chi connectivity index (χ1) is 13.8. The number of carbonyl (C=O) groups excluding carboxylic acids is 3. The Hall–Kier alpha value is -3.21. The third kappa shape index (κ3) is 4.80. The minimum atomic E-state index is -0.517. The average Bonchev–Trinajstić information content (AvgIpc) is 3.47. The molecule has 29 heavy (non-hydrogen) atoms. The fourth-order valence-corrected chi connectivity index (χ4v) is 3.50. The van der Waals surface area contributed by atoms with Crippen molar-refractivity contribution in [3.05, 3.63) is 24.3 Å². The van der Waals surface area contributed by atoms with Gasteiger partial charge in [-0.1, -0.05) is 12.1 Å². The van der Waals surface area contributed by atoms with Crippen LogP contribution in [0.4, 0.5) is 11.4 Å². The molecule has 1 aromatic rings. The second-order valence-electron chi connectivity index (χ2n) is 7.52. The largest absolute Gasteiger partial charge is 0.336 e. The maximum atomic E-state index is 13.0. The molecule has 0 fully saturated rings. The van der Waals surface area contributed by atoms with Gasteiger partial charge < -0.3 is 15.1 Å². The van der Waals surface area contributed by atoms with Gasteiger partial charge in [-0.3, -0.25) is 14.4 Å². The number of terminal acetylenes is 1. The van der Waals surface area contributed by atoms with E-state index in [2.05, 4.69) is 21.5 Å². The number of likely N-dealkylation sites (N-methyl/N-ethyl adjacent to an activating group) is 1. The number of fused-ring (bicyclic) bond motifs is 1. The van der Waals surface area contributed by atoms with Crippen molar-refractivity contribution in [3.63, 3.8) is 0 Å². The fourth-order valence-electron chi connectivity index (χ4n) is 3.50. The highest BCUT2D eigenvalue weighted by Gasteiger charge is 2.39. The summed E-state index contributed by atoms with van der Waals surface area (Å²) in [5.41, 5.74) is 0.717. The highest BCUT2D eigenvalue weighted by atomic mass is 16.2. The molecular weight excluding hydrogens is 370 g/mol. The lowest BCUT2D eigenvalue weighted by Gasteiger charge is -2.29. The van der Waals surface area contributed by atoms with E-state index in [-0.39, 0.29) is 43.1 Å². The van der Waals surface area contributed by atoms with Gasteiger partial charge in [0.2, 0.25) is 17.7 Å². The Labute approximate surface area is 170 Å². The first-order valence-corrected chi connectivity index (χ1v) is 9.67. The van der Waals surface area contributed by atoms with E-state index in [0.29, 0.717) is 30.6 Å². The highest BCUT2D eigenvalue weighted by molar-refractivity contribution is 6.05. The van der Waals surface area contributed by atoms with E-state index in [1.54, 1.807) is 30.1 Å². The molecule has 152 valence electrons. The van der Waals surface area contributed by atoms with Gasteiger partial charge in [0, 0.05) is 45.2 Å². The molecule has 0 bridgehead atoms. The lowest BCUT2D eigenvalue weighted by Crippen LogP contribution is -2.45. The Bertz CT molecular complexity index is 883. The molecule has 0 aromatic heterocycles. The van der Waals surface area contributed by atoms with Crippen LogP contribution in [0.5, 0.6) is 0 Å². The van der Waals surface area contributed by atoms with Crippen molar-refractivity contribution in [2.24, 2.45) is 10.2 Å². The molecular formula is C21H25N5O3. The van der Waals surface area contributed by atoms with Crippen LogP contribution in [0.1, 0.15) is 39.0 Å². The van der Waals surface area contributed by atoms with Gasteiger partial charge >= 0.3 is 0 Å². The van der Waals surface area contributed by atoms with Crippen molar-refractivity contribution in [2.75, 3.05) is 23.8 Å². The molecule has 0 saturated heterocycles. The molecule has 8 heteroatoms. The van der Waals surface area contributed by atoms with E-state index in [4.69, 9.17) is 6.42 Å². The summed E-state index contributed by atoms with van der Waals surface area (Å²) in [6.45, 7) is 1.75. The Balaban J connectivity index is 1.62. The summed E-state index contributed by atoms with van der Waals surface area (Å²) in [7, 11) is 1.60. The Morgan fingerprint density at radius 2 is 2.07 bits per heavy atom. The van der Waals surface area contributed by atoms with Gasteiger partial charge in [-0.2, -0.15) is 10.2 Å². The molecule has 3 rings (SSSR count). The second-order valence-corrected chi connectivity index (χ2v) is 7.52. The van der Waals surface area contributed by atoms with Crippen LogP contribution in [-0.2, 0) is 14.4 Å². The lowest BCUT2D eigenvalue weighted by atomic mass is 10.0. The smallest absolute Gasteiger partial charge is 0.246 e. The van der Waals surface area contributed by atoms with Crippen molar-refractivity contribution < 1.29 is 14.4 Å². The second kappa shape index (κ2) is 8.43. The summed E-state index contributed by atoms with van der Waals surface area (Å²) in [5, 5.41) is 10.9. The Kier molecular flexibility index (Phi) is 5.97. The number of anilines is 2. The summed E-state index contributed by atoms with van der Waals surface area (Å²) in [6.07, 6.45) is 7.42. The van der Waals surface area contributed by atoms with Crippen LogP contribution < -0.4 is 10.2 Å². The molecule has 1 aromatic carbocycles. The Morgan fingerprint density at radius 3 is 2.76 bits per heavy atom. The molecule has 1 atom stereocenters.